The lowest BCUT2D eigenvalue weighted by Crippen LogP contribution is -2.47. The highest BCUT2D eigenvalue weighted by Gasteiger charge is 2.27. The average molecular weight is 141 g/mol. The summed E-state index contributed by atoms with van der Waals surface area (Å²) in [7, 11) is 0. The summed E-state index contributed by atoms with van der Waals surface area (Å²) in [6.07, 6.45) is 4.06. The zero-order valence-corrected chi connectivity index (χ0v) is 6.31. The molecule has 2 rings (SSSR count). The van der Waals surface area contributed by atoms with Crippen LogP contribution < -0.4 is 5.32 Å². The van der Waals surface area contributed by atoms with Crippen molar-refractivity contribution in [3.63, 3.8) is 0 Å². The topological polar surface area (TPSA) is 21.3 Å². The highest BCUT2D eigenvalue weighted by atomic mass is 16.5. The molecule has 2 atom stereocenters. The van der Waals surface area contributed by atoms with Crippen molar-refractivity contribution >= 4 is 0 Å². The van der Waals surface area contributed by atoms with Crippen LogP contribution in [0.5, 0.6) is 0 Å². The van der Waals surface area contributed by atoms with Gasteiger partial charge in [0.05, 0.1) is 6.61 Å². The van der Waals surface area contributed by atoms with E-state index in [0.29, 0.717) is 6.04 Å². The van der Waals surface area contributed by atoms with Crippen molar-refractivity contribution in [2.24, 2.45) is 5.92 Å². The van der Waals surface area contributed by atoms with Crippen molar-refractivity contribution < 1.29 is 4.74 Å². The van der Waals surface area contributed by atoms with Crippen LogP contribution in [0.15, 0.2) is 0 Å². The zero-order chi connectivity index (χ0) is 6.81. The predicted molar refractivity (Wildman–Crippen MR) is 40.0 cm³/mol. The molecule has 2 saturated heterocycles. The van der Waals surface area contributed by atoms with E-state index < -0.39 is 0 Å². The minimum absolute atomic E-state index is 0.683. The molecule has 0 radical (unpaired) electrons. The summed E-state index contributed by atoms with van der Waals surface area (Å²) in [5, 5.41) is 3.50. The fourth-order valence-electron chi connectivity index (χ4n) is 2.01. The number of nitrogens with one attached hydrogen (secondary N) is 1. The van der Waals surface area contributed by atoms with Crippen LogP contribution in [-0.2, 0) is 4.74 Å². The van der Waals surface area contributed by atoms with Gasteiger partial charge in [-0.2, -0.15) is 0 Å². The first-order valence-corrected chi connectivity index (χ1v) is 4.28. The van der Waals surface area contributed by atoms with Gasteiger partial charge in [-0.3, -0.25) is 0 Å². The lowest BCUT2D eigenvalue weighted by Gasteiger charge is -2.35. The maximum atomic E-state index is 5.38. The van der Waals surface area contributed by atoms with Crippen LogP contribution in [0.4, 0.5) is 0 Å². The summed E-state index contributed by atoms with van der Waals surface area (Å²) in [5.74, 6) is 0.919. The second-order valence-corrected chi connectivity index (χ2v) is 3.33. The van der Waals surface area contributed by atoms with Gasteiger partial charge in [0.25, 0.3) is 0 Å². The molecule has 10 heavy (non-hydrogen) atoms. The summed E-state index contributed by atoms with van der Waals surface area (Å²) in [4.78, 5) is 0. The molecule has 0 saturated carbocycles. The molecule has 2 nitrogen and oxygen atoms in total. The van der Waals surface area contributed by atoms with Crippen LogP contribution in [-0.4, -0.2) is 25.8 Å². The molecule has 2 aliphatic heterocycles. The van der Waals surface area contributed by atoms with E-state index >= 15 is 0 Å². The fraction of sp³-hybridized carbons (Fsp3) is 1.00. The Bertz CT molecular complexity index is 89.8. The number of piperidine rings is 1. The summed E-state index contributed by atoms with van der Waals surface area (Å²) >= 11 is 0. The maximum Gasteiger partial charge on any atom is 0.0622 e. The molecule has 2 heteroatoms. The second kappa shape index (κ2) is 2.89. The van der Waals surface area contributed by atoms with Gasteiger partial charge in [0, 0.05) is 12.6 Å². The maximum absolute atomic E-state index is 5.38. The Hall–Kier alpha value is -0.0800. The van der Waals surface area contributed by atoms with Gasteiger partial charge < -0.3 is 10.1 Å². The summed E-state index contributed by atoms with van der Waals surface area (Å²) in [6, 6.07) is 0.683. The van der Waals surface area contributed by atoms with E-state index in [9.17, 15) is 0 Å². The molecule has 58 valence electrons. The third kappa shape index (κ3) is 1.18. The summed E-state index contributed by atoms with van der Waals surface area (Å²) in [6.45, 7) is 3.14. The van der Waals surface area contributed by atoms with E-state index in [4.69, 9.17) is 4.74 Å². The number of hydrogen-bond donors (Lipinski definition) is 1. The normalized spacial score (nSPS) is 40.8. The highest BCUT2D eigenvalue weighted by molar-refractivity contribution is 4.83. The predicted octanol–water partition coefficient (Wildman–Crippen LogP) is 0.775. The number of hydrogen-bond acceptors (Lipinski definition) is 2. The number of rotatable bonds is 0. The van der Waals surface area contributed by atoms with E-state index in [2.05, 4.69) is 5.32 Å². The van der Waals surface area contributed by atoms with Crippen molar-refractivity contribution in [1.82, 2.24) is 5.32 Å². The molecule has 2 aliphatic rings. The summed E-state index contributed by atoms with van der Waals surface area (Å²) in [5.41, 5.74) is 0. The SMILES string of the molecule is C1CN[C@@H]2COCC[C@@H]2C1. The average Bonchev–Trinajstić information content (AvgIpc) is 2.05. The Balaban J connectivity index is 1.93. The molecule has 0 aromatic heterocycles. The molecule has 2 fully saturated rings. The van der Waals surface area contributed by atoms with Crippen molar-refractivity contribution in [3.05, 3.63) is 0 Å². The molecular formula is C8H15NO. The standard InChI is InChI=1S/C8H15NO/c1-2-7-3-5-10-6-8(7)9-4-1/h7-9H,1-6H2/t7-,8+/m0/s1. The molecule has 1 N–H and O–H groups in total. The van der Waals surface area contributed by atoms with Crippen LogP contribution >= 0.6 is 0 Å². The van der Waals surface area contributed by atoms with Gasteiger partial charge in [0.2, 0.25) is 0 Å². The number of ether oxygens (including phenoxy) is 1. The monoisotopic (exact) mass is 141 g/mol. The Labute approximate surface area is 61.9 Å². The Morgan fingerprint density at radius 1 is 1.30 bits per heavy atom. The van der Waals surface area contributed by atoms with E-state index in [1.807, 2.05) is 0 Å². The Morgan fingerprint density at radius 3 is 3.20 bits per heavy atom. The van der Waals surface area contributed by atoms with Gasteiger partial charge in [-0.15, -0.1) is 0 Å². The van der Waals surface area contributed by atoms with Gasteiger partial charge >= 0.3 is 0 Å². The molecule has 0 aliphatic carbocycles. The van der Waals surface area contributed by atoms with Crippen LogP contribution in [0.1, 0.15) is 19.3 Å². The van der Waals surface area contributed by atoms with Crippen molar-refractivity contribution in [3.8, 4) is 0 Å². The van der Waals surface area contributed by atoms with Crippen LogP contribution in [0, 0.1) is 5.92 Å². The van der Waals surface area contributed by atoms with E-state index in [1.165, 1.54) is 25.8 Å². The quantitative estimate of drug-likeness (QED) is 0.538. The molecular weight excluding hydrogens is 126 g/mol. The molecule has 0 aromatic rings. The largest absolute Gasteiger partial charge is 0.380 e. The lowest BCUT2D eigenvalue weighted by atomic mass is 9.87. The molecule has 0 bridgehead atoms. The summed E-state index contributed by atoms with van der Waals surface area (Å²) < 4.78 is 5.38. The molecule has 0 amide bonds. The Kier molecular flexibility index (Phi) is 1.91. The zero-order valence-electron chi connectivity index (χ0n) is 6.31. The van der Waals surface area contributed by atoms with Gasteiger partial charge in [0.1, 0.15) is 0 Å². The van der Waals surface area contributed by atoms with E-state index in [-0.39, 0.29) is 0 Å². The van der Waals surface area contributed by atoms with Gasteiger partial charge in [0.15, 0.2) is 0 Å². The minimum Gasteiger partial charge on any atom is -0.380 e. The Morgan fingerprint density at radius 2 is 2.30 bits per heavy atom. The molecule has 0 spiro atoms. The first-order valence-electron chi connectivity index (χ1n) is 4.28. The van der Waals surface area contributed by atoms with Crippen molar-refractivity contribution in [2.45, 2.75) is 25.3 Å². The van der Waals surface area contributed by atoms with Crippen molar-refractivity contribution in [2.75, 3.05) is 19.8 Å². The molecule has 0 aromatic carbocycles. The number of fused-ring (bicyclic) bond motifs is 1. The third-order valence-corrected chi connectivity index (χ3v) is 2.66. The first kappa shape index (κ1) is 6.62. The van der Waals surface area contributed by atoms with Crippen LogP contribution in [0.25, 0.3) is 0 Å². The van der Waals surface area contributed by atoms with Crippen LogP contribution in [0.3, 0.4) is 0 Å². The lowest BCUT2D eigenvalue weighted by molar-refractivity contribution is 0.0232. The van der Waals surface area contributed by atoms with Gasteiger partial charge in [-0.1, -0.05) is 0 Å². The second-order valence-electron chi connectivity index (χ2n) is 3.33. The smallest absolute Gasteiger partial charge is 0.0622 e. The fourth-order valence-corrected chi connectivity index (χ4v) is 2.01. The van der Waals surface area contributed by atoms with E-state index in [1.54, 1.807) is 0 Å². The highest BCUT2D eigenvalue weighted by Crippen LogP contribution is 2.23. The van der Waals surface area contributed by atoms with Crippen molar-refractivity contribution in [1.29, 1.82) is 0 Å². The first-order chi connectivity index (χ1) is 4.97. The third-order valence-electron chi connectivity index (χ3n) is 2.66. The van der Waals surface area contributed by atoms with Gasteiger partial charge in [-0.25, -0.2) is 0 Å². The molecule has 2 heterocycles. The van der Waals surface area contributed by atoms with Gasteiger partial charge in [-0.05, 0) is 31.7 Å². The molecule has 0 unspecified atom stereocenters. The van der Waals surface area contributed by atoms with E-state index in [0.717, 1.165) is 19.1 Å². The minimum atomic E-state index is 0.683. The van der Waals surface area contributed by atoms with Crippen LogP contribution in [0.2, 0.25) is 0 Å².